The lowest BCUT2D eigenvalue weighted by Gasteiger charge is -2.24. The Labute approximate surface area is 115 Å². The fourth-order valence-corrected chi connectivity index (χ4v) is 2.38. The zero-order valence-corrected chi connectivity index (χ0v) is 11.8. The van der Waals surface area contributed by atoms with Gasteiger partial charge in [-0.2, -0.15) is 0 Å². The van der Waals surface area contributed by atoms with Crippen LogP contribution in [0.25, 0.3) is 0 Å². The molecule has 0 atom stereocenters. The molecule has 4 nitrogen and oxygen atoms in total. The molecule has 0 amide bonds. The third kappa shape index (κ3) is 2.83. The van der Waals surface area contributed by atoms with Crippen molar-refractivity contribution in [2.45, 2.75) is 19.4 Å². The van der Waals surface area contributed by atoms with Gasteiger partial charge in [0.2, 0.25) is 0 Å². The Morgan fingerprint density at radius 3 is 2.83 bits per heavy atom. The molecule has 0 spiro atoms. The van der Waals surface area contributed by atoms with E-state index in [4.69, 9.17) is 18.0 Å². The monoisotopic (exact) mass is 278 g/mol. The van der Waals surface area contributed by atoms with Gasteiger partial charge in [-0.05, 0) is 26.0 Å². The van der Waals surface area contributed by atoms with Crippen LogP contribution in [0.15, 0.2) is 29.8 Å². The maximum absolute atomic E-state index is 5.57. The highest BCUT2D eigenvalue weighted by molar-refractivity contribution is 7.80. The van der Waals surface area contributed by atoms with Crippen molar-refractivity contribution < 1.29 is 0 Å². The highest BCUT2D eigenvalue weighted by Crippen LogP contribution is 2.26. The van der Waals surface area contributed by atoms with Crippen LogP contribution in [-0.4, -0.2) is 15.0 Å². The minimum absolute atomic E-state index is 0.282. The molecule has 0 fully saturated rings. The molecular formula is C12H14N4S2. The van der Waals surface area contributed by atoms with E-state index in [2.05, 4.69) is 29.1 Å². The Bertz CT molecular complexity index is 549. The van der Waals surface area contributed by atoms with E-state index in [-0.39, 0.29) is 5.54 Å². The fourth-order valence-electron chi connectivity index (χ4n) is 1.55. The molecule has 18 heavy (non-hydrogen) atoms. The highest BCUT2D eigenvalue weighted by atomic mass is 32.1. The molecule has 2 heterocycles. The first-order chi connectivity index (χ1) is 8.49. The minimum Gasteiger partial charge on any atom is -0.388 e. The van der Waals surface area contributed by atoms with E-state index in [1.54, 1.807) is 23.6 Å². The second kappa shape index (κ2) is 4.99. The molecule has 0 radical (unpaired) electrons. The summed E-state index contributed by atoms with van der Waals surface area (Å²) in [4.78, 5) is 8.98. The van der Waals surface area contributed by atoms with Gasteiger partial charge >= 0.3 is 0 Å². The number of nitrogens with two attached hydrogens (primary N) is 1. The number of thiocarbonyl (C=S) groups is 1. The number of rotatable bonds is 4. The third-order valence-corrected chi connectivity index (χ3v) is 3.72. The summed E-state index contributed by atoms with van der Waals surface area (Å²) in [6.45, 7) is 4.11. The molecule has 6 heteroatoms. The maximum Gasteiger partial charge on any atom is 0.127 e. The first-order valence-corrected chi connectivity index (χ1v) is 6.73. The topological polar surface area (TPSA) is 63.8 Å². The quantitative estimate of drug-likeness (QED) is 0.841. The lowest BCUT2D eigenvalue weighted by atomic mass is 10.1. The van der Waals surface area contributed by atoms with E-state index in [1.807, 2.05) is 17.5 Å². The Balaban J connectivity index is 2.24. The van der Waals surface area contributed by atoms with Crippen LogP contribution in [-0.2, 0) is 5.54 Å². The van der Waals surface area contributed by atoms with Crippen molar-refractivity contribution in [2.75, 3.05) is 5.32 Å². The number of thiazole rings is 1. The summed E-state index contributed by atoms with van der Waals surface area (Å²) in [5.41, 5.74) is 5.91. The smallest absolute Gasteiger partial charge is 0.127 e. The first-order valence-electron chi connectivity index (χ1n) is 5.44. The molecule has 0 aliphatic heterocycles. The van der Waals surface area contributed by atoms with Gasteiger partial charge in [-0.25, -0.2) is 9.97 Å². The molecule has 0 bridgehead atoms. The van der Waals surface area contributed by atoms with Crippen LogP contribution >= 0.6 is 23.6 Å². The predicted octanol–water partition coefficient (Wildman–Crippen LogP) is 2.52. The van der Waals surface area contributed by atoms with Gasteiger partial charge in [0, 0.05) is 11.6 Å². The molecule has 3 N–H and O–H groups in total. The summed E-state index contributed by atoms with van der Waals surface area (Å²) in [5.74, 6) is 0.737. The van der Waals surface area contributed by atoms with Crippen LogP contribution in [0.3, 0.4) is 0 Å². The summed E-state index contributed by atoms with van der Waals surface area (Å²) >= 11 is 6.53. The van der Waals surface area contributed by atoms with E-state index in [9.17, 15) is 0 Å². The molecule has 2 aromatic rings. The standard InChI is InChI=1S/C12H14N4S2/c1-12(2,11-14-6-7-18-11)16-9-5-3-4-8(15-9)10(13)17/h3-7H,1-2H3,(H2,13,17)(H,15,16). The van der Waals surface area contributed by atoms with Crippen molar-refractivity contribution in [1.29, 1.82) is 0 Å². The summed E-state index contributed by atoms with van der Waals surface area (Å²) in [6, 6.07) is 5.56. The van der Waals surface area contributed by atoms with Crippen LogP contribution in [0.5, 0.6) is 0 Å². The van der Waals surface area contributed by atoms with Gasteiger partial charge in [0.1, 0.15) is 15.8 Å². The summed E-state index contributed by atoms with van der Waals surface area (Å²) < 4.78 is 0. The third-order valence-electron chi connectivity index (χ3n) is 2.41. The van der Waals surface area contributed by atoms with Gasteiger partial charge in [-0.1, -0.05) is 18.3 Å². The van der Waals surface area contributed by atoms with Gasteiger partial charge in [0.25, 0.3) is 0 Å². The van der Waals surface area contributed by atoms with Gasteiger partial charge in [0.05, 0.1) is 11.2 Å². The number of hydrogen-bond donors (Lipinski definition) is 2. The fraction of sp³-hybridized carbons (Fsp3) is 0.250. The van der Waals surface area contributed by atoms with Crippen molar-refractivity contribution in [3.05, 3.63) is 40.5 Å². The molecular weight excluding hydrogens is 264 g/mol. The van der Waals surface area contributed by atoms with Crippen LogP contribution < -0.4 is 11.1 Å². The Morgan fingerprint density at radius 1 is 1.44 bits per heavy atom. The SMILES string of the molecule is CC(C)(Nc1cccc(C(N)=S)n1)c1nccs1. The Kier molecular flexibility index (Phi) is 3.58. The molecule has 0 unspecified atom stereocenters. The molecule has 2 aromatic heterocycles. The average molecular weight is 278 g/mol. The Morgan fingerprint density at radius 2 is 2.22 bits per heavy atom. The van der Waals surface area contributed by atoms with Crippen LogP contribution in [0.4, 0.5) is 5.82 Å². The first kappa shape index (κ1) is 12.9. The summed E-state index contributed by atoms with van der Waals surface area (Å²) in [5, 5.41) is 6.30. The zero-order chi connectivity index (χ0) is 13.2. The van der Waals surface area contributed by atoms with E-state index < -0.39 is 0 Å². The van der Waals surface area contributed by atoms with E-state index >= 15 is 0 Å². The molecule has 2 rings (SSSR count). The van der Waals surface area contributed by atoms with Gasteiger partial charge in [0.15, 0.2) is 0 Å². The number of hydrogen-bond acceptors (Lipinski definition) is 5. The molecule has 0 saturated carbocycles. The predicted molar refractivity (Wildman–Crippen MR) is 78.9 cm³/mol. The lowest BCUT2D eigenvalue weighted by Crippen LogP contribution is -2.28. The largest absolute Gasteiger partial charge is 0.388 e. The Hall–Kier alpha value is -1.53. The average Bonchev–Trinajstić information content (AvgIpc) is 2.82. The van der Waals surface area contributed by atoms with Crippen LogP contribution in [0.1, 0.15) is 24.5 Å². The molecule has 94 valence electrons. The number of nitrogens with zero attached hydrogens (tertiary/aromatic N) is 2. The van der Waals surface area contributed by atoms with E-state index in [1.165, 1.54) is 0 Å². The molecule has 0 saturated heterocycles. The van der Waals surface area contributed by atoms with Gasteiger partial charge < -0.3 is 11.1 Å². The maximum atomic E-state index is 5.57. The second-order valence-electron chi connectivity index (χ2n) is 4.36. The molecule has 0 aliphatic rings. The lowest BCUT2D eigenvalue weighted by molar-refractivity contribution is 0.601. The van der Waals surface area contributed by atoms with Gasteiger partial charge in [-0.15, -0.1) is 11.3 Å². The number of pyridine rings is 1. The van der Waals surface area contributed by atoms with Crippen molar-refractivity contribution in [2.24, 2.45) is 5.73 Å². The van der Waals surface area contributed by atoms with Crippen LogP contribution in [0.2, 0.25) is 0 Å². The van der Waals surface area contributed by atoms with Gasteiger partial charge in [-0.3, -0.25) is 0 Å². The molecule has 0 aliphatic carbocycles. The number of aromatic nitrogens is 2. The van der Waals surface area contributed by atoms with E-state index in [0.717, 1.165) is 10.8 Å². The highest BCUT2D eigenvalue weighted by Gasteiger charge is 2.23. The molecule has 0 aromatic carbocycles. The van der Waals surface area contributed by atoms with Crippen molar-refractivity contribution in [3.63, 3.8) is 0 Å². The minimum atomic E-state index is -0.282. The van der Waals surface area contributed by atoms with Crippen molar-refractivity contribution >= 4 is 34.4 Å². The zero-order valence-electron chi connectivity index (χ0n) is 10.2. The number of nitrogens with one attached hydrogen (secondary N) is 1. The second-order valence-corrected chi connectivity index (χ2v) is 5.69. The van der Waals surface area contributed by atoms with Crippen LogP contribution in [0, 0.1) is 0 Å². The number of anilines is 1. The van der Waals surface area contributed by atoms with Crippen molar-refractivity contribution in [3.8, 4) is 0 Å². The summed E-state index contributed by atoms with van der Waals surface area (Å²) in [6.07, 6.45) is 1.79. The normalized spacial score (nSPS) is 11.2. The van der Waals surface area contributed by atoms with E-state index in [0.29, 0.717) is 10.7 Å². The summed E-state index contributed by atoms with van der Waals surface area (Å²) in [7, 11) is 0. The van der Waals surface area contributed by atoms with Crippen molar-refractivity contribution in [1.82, 2.24) is 9.97 Å².